The number of aryl methyl sites for hydroxylation is 2. The molecule has 11 nitrogen and oxygen atoms in total. The van der Waals surface area contributed by atoms with Crippen molar-refractivity contribution < 1.29 is 27.4 Å². The van der Waals surface area contributed by atoms with Gasteiger partial charge < -0.3 is 14.7 Å². The molecule has 43 heavy (non-hydrogen) atoms. The van der Waals surface area contributed by atoms with Crippen molar-refractivity contribution in [1.29, 1.82) is 0 Å². The molecule has 0 bridgehead atoms. The van der Waals surface area contributed by atoms with Gasteiger partial charge in [0.25, 0.3) is 15.9 Å². The molecule has 14 heteroatoms. The Morgan fingerprint density at radius 2 is 2.00 bits per heavy atom. The van der Waals surface area contributed by atoms with Crippen LogP contribution in [0.3, 0.4) is 0 Å². The second kappa shape index (κ2) is 12.5. The Labute approximate surface area is 256 Å². The quantitative estimate of drug-likeness (QED) is 0.204. The van der Waals surface area contributed by atoms with E-state index >= 15 is 0 Å². The predicted octanol–water partition coefficient (Wildman–Crippen LogP) is 3.79. The number of amides is 1. The van der Waals surface area contributed by atoms with Crippen LogP contribution >= 0.6 is 9.24 Å². The fourth-order valence-corrected chi connectivity index (χ4v) is 6.38. The first-order valence-corrected chi connectivity index (χ1v) is 16.0. The number of rotatable bonds is 12. The summed E-state index contributed by atoms with van der Waals surface area (Å²) in [6.45, 7) is 16.8. The summed E-state index contributed by atoms with van der Waals surface area (Å²) in [7, 11) is -0.528. The summed E-state index contributed by atoms with van der Waals surface area (Å²) in [6.07, 6.45) is 7.01. The van der Waals surface area contributed by atoms with E-state index in [1.807, 2.05) is 4.90 Å². The first kappa shape index (κ1) is 34.5. The number of alkyl halides is 1. The number of hydrogen-bond acceptors (Lipinski definition) is 8. The second-order valence-electron chi connectivity index (χ2n) is 12.4. The van der Waals surface area contributed by atoms with Crippen LogP contribution < -0.4 is 9.46 Å². The Kier molecular flexibility index (Phi) is 10.0. The standard InChI is InChI=1S/C29H44FN6O5PS/c1-19-14-27(5,6)35(15-19)22(4)23(26(38)33-43(39,40)24-16-34(9)31-21(24)3)11-10-20(2)36-13-12-25(32-36)41-18-28(7,17-37)29(8,30)42/h10-13,16,19,37H,4,14-15,17-18,42H2,1-3,5-9H3,(H,33,38)/b20-10+,23-11+/t19-,28?,29?/m0/s1. The summed E-state index contributed by atoms with van der Waals surface area (Å²) in [5.41, 5.74) is -0.142. The highest BCUT2D eigenvalue weighted by molar-refractivity contribution is 7.90. The zero-order valence-corrected chi connectivity index (χ0v) is 28.2. The molecule has 1 aliphatic rings. The van der Waals surface area contributed by atoms with Crippen molar-refractivity contribution in [2.75, 3.05) is 19.8 Å². The van der Waals surface area contributed by atoms with Gasteiger partial charge in [0, 0.05) is 49.0 Å². The van der Waals surface area contributed by atoms with Crippen LogP contribution in [0.5, 0.6) is 5.88 Å². The van der Waals surface area contributed by atoms with Gasteiger partial charge in [0.1, 0.15) is 16.9 Å². The Hall–Kier alpha value is -3.02. The Bertz CT molecular complexity index is 1540. The van der Waals surface area contributed by atoms with Gasteiger partial charge in [-0.2, -0.15) is 5.10 Å². The summed E-state index contributed by atoms with van der Waals surface area (Å²) < 4.78 is 51.6. The van der Waals surface area contributed by atoms with Crippen molar-refractivity contribution in [2.24, 2.45) is 18.4 Å². The molecular formula is C29H44FN6O5PS. The van der Waals surface area contributed by atoms with Crippen molar-refractivity contribution in [3.8, 4) is 5.88 Å². The molecule has 2 aromatic rings. The van der Waals surface area contributed by atoms with Crippen molar-refractivity contribution >= 4 is 30.9 Å². The van der Waals surface area contributed by atoms with Crippen LogP contribution in [-0.4, -0.2) is 74.6 Å². The first-order valence-electron chi connectivity index (χ1n) is 13.9. The SMILES string of the molecule is C=C(/C(=C\C=C(/C)n1ccc(OCC(C)(CO)C(C)(F)P)n1)C(=O)NS(=O)(=O)c1cn(C)nc1C)N1C[C@@H](C)CC1(C)C. The van der Waals surface area contributed by atoms with Gasteiger partial charge in [-0.3, -0.25) is 9.48 Å². The predicted molar refractivity (Wildman–Crippen MR) is 167 cm³/mol. The zero-order valence-electron chi connectivity index (χ0n) is 26.2. The van der Waals surface area contributed by atoms with Crippen molar-refractivity contribution in [1.82, 2.24) is 29.2 Å². The number of nitrogens with one attached hydrogen (secondary N) is 1. The number of halogens is 1. The molecule has 238 valence electrons. The molecule has 0 spiro atoms. The minimum absolute atomic E-state index is 0.0802. The third-order valence-electron chi connectivity index (χ3n) is 7.92. The van der Waals surface area contributed by atoms with E-state index in [4.69, 9.17) is 4.74 Å². The van der Waals surface area contributed by atoms with Crippen LogP contribution in [0.25, 0.3) is 5.70 Å². The number of allylic oxidation sites excluding steroid dienone is 3. The largest absolute Gasteiger partial charge is 0.476 e. The zero-order chi connectivity index (χ0) is 32.5. The minimum Gasteiger partial charge on any atom is -0.476 e. The molecule has 0 saturated carbocycles. The molecule has 2 N–H and O–H groups in total. The van der Waals surface area contributed by atoms with Crippen molar-refractivity contribution in [3.63, 3.8) is 0 Å². The van der Waals surface area contributed by atoms with Gasteiger partial charge in [0.05, 0.1) is 23.3 Å². The fourth-order valence-electron chi connectivity index (χ4n) is 5.02. The number of carbonyl (C=O) groups excluding carboxylic acids is 1. The molecule has 2 aromatic heterocycles. The molecule has 1 amide bonds. The molecular weight excluding hydrogens is 594 g/mol. The van der Waals surface area contributed by atoms with E-state index < -0.39 is 33.4 Å². The normalized spacial score (nSPS) is 20.4. The van der Waals surface area contributed by atoms with Gasteiger partial charge in [0.15, 0.2) is 0 Å². The van der Waals surface area contributed by atoms with Gasteiger partial charge in [-0.05, 0) is 59.1 Å². The molecule has 0 radical (unpaired) electrons. The van der Waals surface area contributed by atoms with E-state index in [0.29, 0.717) is 23.9 Å². The molecule has 3 rings (SSSR count). The van der Waals surface area contributed by atoms with Crippen LogP contribution in [0, 0.1) is 18.3 Å². The van der Waals surface area contributed by atoms with Gasteiger partial charge >= 0.3 is 0 Å². The maximum Gasteiger partial charge on any atom is 0.267 e. The van der Waals surface area contributed by atoms with Crippen LogP contribution in [-0.2, 0) is 21.9 Å². The second-order valence-corrected chi connectivity index (χ2v) is 15.2. The Morgan fingerprint density at radius 1 is 1.35 bits per heavy atom. The lowest BCUT2D eigenvalue weighted by molar-refractivity contribution is -0.115. The third kappa shape index (κ3) is 7.74. The smallest absolute Gasteiger partial charge is 0.267 e. The fraction of sp³-hybridized carbons (Fsp3) is 0.552. The summed E-state index contributed by atoms with van der Waals surface area (Å²) in [4.78, 5) is 15.5. The maximum absolute atomic E-state index is 14.6. The Morgan fingerprint density at radius 3 is 2.51 bits per heavy atom. The van der Waals surface area contributed by atoms with Crippen LogP contribution in [0.2, 0.25) is 0 Å². The highest BCUT2D eigenvalue weighted by atomic mass is 32.2. The van der Waals surface area contributed by atoms with E-state index in [1.165, 1.54) is 28.6 Å². The first-order chi connectivity index (χ1) is 19.7. The van der Waals surface area contributed by atoms with Gasteiger partial charge in [0.2, 0.25) is 5.88 Å². The van der Waals surface area contributed by atoms with Gasteiger partial charge in [-0.25, -0.2) is 22.2 Å². The van der Waals surface area contributed by atoms with Crippen molar-refractivity contribution in [3.05, 3.63) is 54.2 Å². The maximum atomic E-state index is 14.6. The average molecular weight is 639 g/mol. The van der Waals surface area contributed by atoms with E-state index in [-0.39, 0.29) is 34.2 Å². The van der Waals surface area contributed by atoms with Gasteiger partial charge in [-0.1, -0.05) is 29.7 Å². The summed E-state index contributed by atoms with van der Waals surface area (Å²) >= 11 is 0. The molecule has 1 saturated heterocycles. The average Bonchev–Trinajstić information content (AvgIpc) is 3.57. The number of likely N-dealkylation sites (tertiary alicyclic amines) is 1. The lowest BCUT2D eigenvalue weighted by atomic mass is 9.87. The van der Waals surface area contributed by atoms with Crippen molar-refractivity contribution in [2.45, 2.75) is 70.7 Å². The highest BCUT2D eigenvalue weighted by Gasteiger charge is 2.42. The summed E-state index contributed by atoms with van der Waals surface area (Å²) in [5, 5.41) is 16.4. The number of hydrogen-bond donors (Lipinski definition) is 2. The topological polar surface area (TPSA) is 132 Å². The molecule has 1 aliphatic heterocycles. The number of carbonyl (C=O) groups is 1. The highest BCUT2D eigenvalue weighted by Crippen LogP contribution is 2.40. The Balaban J connectivity index is 1.92. The number of nitrogens with zero attached hydrogens (tertiary/aromatic N) is 5. The minimum atomic E-state index is -4.21. The van der Waals surface area contributed by atoms with E-state index in [0.717, 1.165) is 6.42 Å². The van der Waals surface area contributed by atoms with E-state index in [1.54, 1.807) is 46.2 Å². The van der Waals surface area contributed by atoms with E-state index in [2.05, 4.69) is 51.5 Å². The molecule has 0 aliphatic carbocycles. The number of aliphatic hydroxyl groups is 1. The number of ether oxygens (including phenoxy) is 1. The monoisotopic (exact) mass is 638 g/mol. The van der Waals surface area contributed by atoms with Crippen LogP contribution in [0.1, 0.15) is 53.7 Å². The molecule has 0 aromatic carbocycles. The third-order valence-corrected chi connectivity index (χ3v) is 10.1. The number of sulfonamides is 1. The lowest BCUT2D eigenvalue weighted by Crippen LogP contribution is -2.43. The lowest BCUT2D eigenvalue weighted by Gasteiger charge is -2.35. The summed E-state index contributed by atoms with van der Waals surface area (Å²) in [6, 6.07) is 1.60. The number of aromatic nitrogens is 4. The molecule has 3 unspecified atom stereocenters. The van der Waals surface area contributed by atoms with E-state index in [9.17, 15) is 22.7 Å². The molecule has 4 atom stereocenters. The molecule has 3 heterocycles. The van der Waals surface area contributed by atoms with Crippen LogP contribution in [0.15, 0.2) is 53.4 Å². The molecule has 1 fully saturated rings. The number of aliphatic hydroxyl groups excluding tert-OH is 1. The van der Waals surface area contributed by atoms with Gasteiger partial charge in [-0.15, -0.1) is 5.10 Å². The van der Waals surface area contributed by atoms with Crippen LogP contribution in [0.4, 0.5) is 4.39 Å². The summed E-state index contributed by atoms with van der Waals surface area (Å²) in [5.74, 6) is -0.252.